The van der Waals surface area contributed by atoms with E-state index in [0.717, 1.165) is 24.3 Å². The second kappa shape index (κ2) is 11.5. The number of aliphatic imine (C=N–C) groups is 1. The van der Waals surface area contributed by atoms with E-state index in [2.05, 4.69) is 15.2 Å². The van der Waals surface area contributed by atoms with Gasteiger partial charge in [-0.3, -0.25) is 0 Å². The Morgan fingerprint density at radius 2 is 2.08 bits per heavy atom. The van der Waals surface area contributed by atoms with Crippen molar-refractivity contribution in [2.75, 3.05) is 34.0 Å². The van der Waals surface area contributed by atoms with Crippen LogP contribution in [0.25, 0.3) is 0 Å². The highest BCUT2D eigenvalue weighted by Gasteiger charge is 2.20. The highest BCUT2D eigenvalue weighted by molar-refractivity contribution is 5.77. The summed E-state index contributed by atoms with van der Waals surface area (Å²) in [6, 6.07) is 9.14. The fourth-order valence-electron chi connectivity index (χ4n) is 2.46. The van der Waals surface area contributed by atoms with Gasteiger partial charge >= 0.3 is 6.09 Å². The van der Waals surface area contributed by atoms with E-state index >= 15 is 0 Å². The summed E-state index contributed by atoms with van der Waals surface area (Å²) in [5, 5.41) is 2.72. The van der Waals surface area contributed by atoms with Crippen molar-refractivity contribution in [2.45, 2.75) is 31.5 Å². The van der Waals surface area contributed by atoms with Crippen LogP contribution in [-0.4, -0.2) is 58.1 Å². The number of hydrogen-bond donors (Lipinski definition) is 1. The zero-order chi connectivity index (χ0) is 18.6. The summed E-state index contributed by atoms with van der Waals surface area (Å²) < 4.78 is 16.0. The summed E-state index contributed by atoms with van der Waals surface area (Å²) in [7, 11) is 3.02. The van der Waals surface area contributed by atoms with Gasteiger partial charge in [0.1, 0.15) is 13.2 Å². The number of hydrogen-bond acceptors (Lipinski definition) is 7. The fourth-order valence-corrected chi connectivity index (χ4v) is 2.46. The number of benzene rings is 1. The Labute approximate surface area is 153 Å². The Morgan fingerprint density at radius 3 is 2.77 bits per heavy atom. The van der Waals surface area contributed by atoms with E-state index in [4.69, 9.17) is 19.1 Å². The number of carbonyl (C=O) groups excluding carboxylic acids is 1. The summed E-state index contributed by atoms with van der Waals surface area (Å²) in [5.41, 5.74) is 0.914. The molecule has 0 spiro atoms. The molecule has 144 valence electrons. The molecule has 8 heteroatoms. The average Bonchev–Trinajstić information content (AvgIpc) is 3.13. The second-order valence-corrected chi connectivity index (χ2v) is 5.81. The third kappa shape index (κ3) is 7.38. The molecule has 1 aromatic carbocycles. The van der Waals surface area contributed by atoms with Gasteiger partial charge in [0.05, 0.1) is 39.5 Å². The van der Waals surface area contributed by atoms with Crippen LogP contribution in [0.2, 0.25) is 0 Å². The van der Waals surface area contributed by atoms with E-state index in [-0.39, 0.29) is 25.9 Å². The second-order valence-electron chi connectivity index (χ2n) is 5.81. The molecular formula is C18H26N2O6. The maximum Gasteiger partial charge on any atom is 0.407 e. The van der Waals surface area contributed by atoms with Gasteiger partial charge in [0.25, 0.3) is 0 Å². The molecule has 0 aromatic heterocycles. The molecule has 1 aliphatic rings. The number of methoxy groups -OCH3 is 1. The molecule has 2 rings (SSSR count). The molecule has 2 atom stereocenters. The summed E-state index contributed by atoms with van der Waals surface area (Å²) in [4.78, 5) is 25.9. The molecule has 1 heterocycles. The number of carbonyl (C=O) groups is 1. The largest absolute Gasteiger partial charge is 0.484 e. The van der Waals surface area contributed by atoms with Crippen LogP contribution < -0.4 is 5.32 Å². The highest BCUT2D eigenvalue weighted by Crippen LogP contribution is 2.14. The van der Waals surface area contributed by atoms with Crippen molar-refractivity contribution in [2.24, 2.45) is 4.99 Å². The number of rotatable bonds is 10. The number of ether oxygens (including phenoxy) is 3. The van der Waals surface area contributed by atoms with Crippen molar-refractivity contribution in [1.29, 1.82) is 0 Å². The van der Waals surface area contributed by atoms with E-state index in [0.29, 0.717) is 6.61 Å². The maximum absolute atomic E-state index is 12.0. The molecule has 1 aliphatic heterocycles. The average molecular weight is 366 g/mol. The Bertz CT molecular complexity index is 566. The molecule has 0 saturated heterocycles. The van der Waals surface area contributed by atoms with Crippen LogP contribution in [0, 0.1) is 0 Å². The first-order valence-corrected chi connectivity index (χ1v) is 8.52. The molecule has 0 fully saturated rings. The third-order valence-corrected chi connectivity index (χ3v) is 3.80. The zero-order valence-electron chi connectivity index (χ0n) is 15.2. The standard InChI is InChI=1S/C18H26N2O6/c1-22-17-9-8-15(19-17)11-24-12-16(13-26-23-2)20-18(21)25-10-14-6-4-3-5-7-14/h3-7,15-16H,8-13H2,1-2H3,(H,20,21)/t15-,16?/m0/s1. The minimum Gasteiger partial charge on any atom is -0.484 e. The van der Waals surface area contributed by atoms with Crippen molar-refractivity contribution < 1.29 is 28.8 Å². The first-order valence-electron chi connectivity index (χ1n) is 8.52. The molecule has 1 aromatic rings. The van der Waals surface area contributed by atoms with Gasteiger partial charge in [-0.15, -0.1) is 0 Å². The van der Waals surface area contributed by atoms with E-state index in [1.165, 1.54) is 7.11 Å². The van der Waals surface area contributed by atoms with Crippen LogP contribution in [-0.2, 0) is 30.6 Å². The quantitative estimate of drug-likeness (QED) is 0.504. The maximum atomic E-state index is 12.0. The van der Waals surface area contributed by atoms with Gasteiger partial charge in [-0.2, -0.15) is 0 Å². The number of nitrogens with zero attached hydrogens (tertiary/aromatic N) is 1. The minimum atomic E-state index is -0.539. The van der Waals surface area contributed by atoms with Gasteiger partial charge in [0.2, 0.25) is 0 Å². The number of nitrogens with one attached hydrogen (secondary N) is 1. The van der Waals surface area contributed by atoms with Crippen LogP contribution in [0.5, 0.6) is 0 Å². The minimum absolute atomic E-state index is 0.0824. The van der Waals surface area contributed by atoms with Gasteiger partial charge in [-0.05, 0) is 12.0 Å². The summed E-state index contributed by atoms with van der Waals surface area (Å²) in [5.74, 6) is 0.750. The SMILES string of the molecule is COOCC(COC[C@@H]1CCC(OC)=N1)NC(=O)OCc1ccccc1. The summed E-state index contributed by atoms with van der Waals surface area (Å²) >= 11 is 0. The monoisotopic (exact) mass is 366 g/mol. The fraction of sp³-hybridized carbons (Fsp3) is 0.556. The summed E-state index contributed by atoms with van der Waals surface area (Å²) in [6.07, 6.45) is 1.18. The number of alkyl carbamates (subject to hydrolysis) is 1. The molecule has 0 radical (unpaired) electrons. The van der Waals surface area contributed by atoms with Gasteiger partial charge in [0.15, 0.2) is 5.90 Å². The Kier molecular flexibility index (Phi) is 8.88. The van der Waals surface area contributed by atoms with Crippen LogP contribution in [0.1, 0.15) is 18.4 Å². The van der Waals surface area contributed by atoms with E-state index < -0.39 is 12.1 Å². The van der Waals surface area contributed by atoms with Crippen LogP contribution >= 0.6 is 0 Å². The molecule has 0 saturated carbocycles. The molecule has 26 heavy (non-hydrogen) atoms. The Hall–Kier alpha value is -2.16. The molecule has 0 bridgehead atoms. The molecule has 1 N–H and O–H groups in total. The van der Waals surface area contributed by atoms with Crippen molar-refractivity contribution in [1.82, 2.24) is 5.32 Å². The van der Waals surface area contributed by atoms with Crippen molar-refractivity contribution in [3.63, 3.8) is 0 Å². The lowest BCUT2D eigenvalue weighted by molar-refractivity contribution is -0.277. The topological polar surface area (TPSA) is 87.6 Å². The van der Waals surface area contributed by atoms with Gasteiger partial charge in [-0.1, -0.05) is 30.3 Å². The normalized spacial score (nSPS) is 17.5. The molecule has 0 aliphatic carbocycles. The lowest BCUT2D eigenvalue weighted by Gasteiger charge is -2.18. The van der Waals surface area contributed by atoms with Gasteiger partial charge < -0.3 is 19.5 Å². The lowest BCUT2D eigenvalue weighted by Crippen LogP contribution is -2.42. The summed E-state index contributed by atoms with van der Waals surface area (Å²) in [6.45, 7) is 1.06. The molecule has 8 nitrogen and oxygen atoms in total. The molecule has 1 amide bonds. The smallest absolute Gasteiger partial charge is 0.407 e. The van der Waals surface area contributed by atoms with E-state index in [9.17, 15) is 4.79 Å². The Balaban J connectivity index is 1.71. The van der Waals surface area contributed by atoms with E-state index in [1.807, 2.05) is 30.3 Å². The Morgan fingerprint density at radius 1 is 1.27 bits per heavy atom. The highest BCUT2D eigenvalue weighted by atomic mass is 17.2. The zero-order valence-corrected chi connectivity index (χ0v) is 15.2. The molecule has 1 unspecified atom stereocenters. The predicted octanol–water partition coefficient (Wildman–Crippen LogP) is 2.08. The third-order valence-electron chi connectivity index (χ3n) is 3.80. The first kappa shape index (κ1) is 20.2. The van der Waals surface area contributed by atoms with Crippen molar-refractivity contribution >= 4 is 12.0 Å². The lowest BCUT2D eigenvalue weighted by atomic mass is 10.2. The van der Waals surface area contributed by atoms with Gasteiger partial charge in [-0.25, -0.2) is 19.6 Å². The van der Waals surface area contributed by atoms with Crippen LogP contribution in [0.15, 0.2) is 35.3 Å². The number of amides is 1. The van der Waals surface area contributed by atoms with Crippen molar-refractivity contribution in [3.8, 4) is 0 Å². The molecular weight excluding hydrogens is 340 g/mol. The van der Waals surface area contributed by atoms with Crippen LogP contribution in [0.3, 0.4) is 0 Å². The first-order chi connectivity index (χ1) is 12.7. The van der Waals surface area contributed by atoms with E-state index in [1.54, 1.807) is 7.11 Å². The predicted molar refractivity (Wildman–Crippen MR) is 94.8 cm³/mol. The van der Waals surface area contributed by atoms with Crippen LogP contribution in [0.4, 0.5) is 4.79 Å². The van der Waals surface area contributed by atoms with Gasteiger partial charge in [0, 0.05) is 6.42 Å². The van der Waals surface area contributed by atoms with Crippen molar-refractivity contribution in [3.05, 3.63) is 35.9 Å².